The highest BCUT2D eigenvalue weighted by Gasteiger charge is 2.10. The van der Waals surface area contributed by atoms with Crippen LogP contribution in [0.2, 0.25) is 5.02 Å². The zero-order valence-corrected chi connectivity index (χ0v) is 8.68. The molecule has 78 valence electrons. The number of hydrogen-bond acceptors (Lipinski definition) is 2. The number of rotatable bonds is 3. The van der Waals surface area contributed by atoms with E-state index < -0.39 is 0 Å². The quantitative estimate of drug-likeness (QED) is 0.815. The molecule has 0 bridgehead atoms. The highest BCUT2D eigenvalue weighted by Crippen LogP contribution is 2.24. The van der Waals surface area contributed by atoms with Crippen LogP contribution in [0, 0.1) is 12.7 Å². The van der Waals surface area contributed by atoms with E-state index in [1.807, 2.05) is 0 Å². The lowest BCUT2D eigenvalue weighted by atomic mass is 10.0. The predicted octanol–water partition coefficient (Wildman–Crippen LogP) is 2.17. The van der Waals surface area contributed by atoms with E-state index in [9.17, 15) is 4.39 Å². The maximum atomic E-state index is 13.2. The van der Waals surface area contributed by atoms with Gasteiger partial charge in [-0.25, -0.2) is 4.39 Å². The molecule has 0 aliphatic rings. The molecular formula is C10H13ClFNO. The molecule has 2 nitrogen and oxygen atoms in total. The molecule has 0 saturated heterocycles. The standard InChI is InChI=1S/C10H13ClFNO/c1-6-8(11)4-7(5-9(6)12)10(13)2-3-14/h4-5,10,14H,2-3,13H2,1H3. The van der Waals surface area contributed by atoms with E-state index in [-0.39, 0.29) is 18.5 Å². The van der Waals surface area contributed by atoms with E-state index in [1.165, 1.54) is 6.07 Å². The van der Waals surface area contributed by atoms with Crippen molar-refractivity contribution in [2.75, 3.05) is 6.61 Å². The zero-order valence-electron chi connectivity index (χ0n) is 7.93. The van der Waals surface area contributed by atoms with E-state index >= 15 is 0 Å². The van der Waals surface area contributed by atoms with Crippen molar-refractivity contribution in [1.29, 1.82) is 0 Å². The Bertz CT molecular complexity index is 307. The number of nitrogens with two attached hydrogens (primary N) is 1. The first-order chi connectivity index (χ1) is 6.56. The molecule has 0 aliphatic carbocycles. The fourth-order valence-electron chi connectivity index (χ4n) is 1.18. The summed E-state index contributed by atoms with van der Waals surface area (Å²) in [4.78, 5) is 0. The minimum atomic E-state index is -0.368. The van der Waals surface area contributed by atoms with Gasteiger partial charge in [-0.3, -0.25) is 0 Å². The lowest BCUT2D eigenvalue weighted by Crippen LogP contribution is -2.12. The van der Waals surface area contributed by atoms with Gasteiger partial charge < -0.3 is 10.8 Å². The maximum absolute atomic E-state index is 13.2. The van der Waals surface area contributed by atoms with Gasteiger partial charge in [-0.15, -0.1) is 0 Å². The van der Waals surface area contributed by atoms with Gasteiger partial charge in [0, 0.05) is 23.2 Å². The van der Waals surface area contributed by atoms with Crippen molar-refractivity contribution < 1.29 is 9.50 Å². The van der Waals surface area contributed by atoms with Crippen LogP contribution in [0.25, 0.3) is 0 Å². The van der Waals surface area contributed by atoms with E-state index in [4.69, 9.17) is 22.4 Å². The topological polar surface area (TPSA) is 46.2 Å². The van der Waals surface area contributed by atoms with E-state index in [0.717, 1.165) is 0 Å². The molecule has 1 atom stereocenters. The van der Waals surface area contributed by atoms with Gasteiger partial charge >= 0.3 is 0 Å². The van der Waals surface area contributed by atoms with Crippen molar-refractivity contribution in [1.82, 2.24) is 0 Å². The van der Waals surface area contributed by atoms with Gasteiger partial charge in [0.15, 0.2) is 0 Å². The molecule has 4 heteroatoms. The average Bonchev–Trinajstić information content (AvgIpc) is 2.13. The Morgan fingerprint density at radius 3 is 2.71 bits per heavy atom. The summed E-state index contributed by atoms with van der Waals surface area (Å²) in [5.74, 6) is -0.360. The van der Waals surface area contributed by atoms with Gasteiger partial charge in [0.2, 0.25) is 0 Å². The molecule has 0 saturated carbocycles. The highest BCUT2D eigenvalue weighted by atomic mass is 35.5. The van der Waals surface area contributed by atoms with Crippen LogP contribution < -0.4 is 5.73 Å². The van der Waals surface area contributed by atoms with Gasteiger partial charge in [-0.2, -0.15) is 0 Å². The Labute approximate surface area is 87.5 Å². The van der Waals surface area contributed by atoms with Crippen LogP contribution in [-0.2, 0) is 0 Å². The zero-order chi connectivity index (χ0) is 10.7. The van der Waals surface area contributed by atoms with Gasteiger partial charge in [0.05, 0.1) is 0 Å². The Morgan fingerprint density at radius 2 is 2.21 bits per heavy atom. The molecule has 0 spiro atoms. The molecule has 3 N–H and O–H groups in total. The maximum Gasteiger partial charge on any atom is 0.127 e. The third-order valence-electron chi connectivity index (χ3n) is 2.17. The number of hydrogen-bond donors (Lipinski definition) is 2. The first-order valence-electron chi connectivity index (χ1n) is 4.38. The second-order valence-corrected chi connectivity index (χ2v) is 3.64. The summed E-state index contributed by atoms with van der Waals surface area (Å²) in [5, 5.41) is 9.05. The molecule has 14 heavy (non-hydrogen) atoms. The summed E-state index contributed by atoms with van der Waals surface area (Å²) in [6, 6.07) is 2.63. The summed E-state index contributed by atoms with van der Waals surface area (Å²) in [6.07, 6.45) is 0.402. The molecule has 0 fully saturated rings. The van der Waals surface area contributed by atoms with Gasteiger partial charge in [-0.05, 0) is 31.0 Å². The molecule has 0 amide bonds. The molecule has 1 aromatic rings. The molecule has 1 aromatic carbocycles. The molecular weight excluding hydrogens is 205 g/mol. The molecule has 0 aromatic heterocycles. The summed E-state index contributed by atoms with van der Waals surface area (Å²) in [6.45, 7) is 1.59. The van der Waals surface area contributed by atoms with Gasteiger partial charge in [0.1, 0.15) is 5.82 Å². The van der Waals surface area contributed by atoms with Crippen LogP contribution in [0.1, 0.15) is 23.6 Å². The Morgan fingerprint density at radius 1 is 1.57 bits per heavy atom. The Hall–Kier alpha value is -0.640. The molecule has 1 unspecified atom stereocenters. The monoisotopic (exact) mass is 217 g/mol. The Balaban J connectivity index is 3.00. The van der Waals surface area contributed by atoms with E-state index in [2.05, 4.69) is 0 Å². The number of halogens is 2. The normalized spacial score (nSPS) is 12.9. The predicted molar refractivity (Wildman–Crippen MR) is 54.8 cm³/mol. The van der Waals surface area contributed by atoms with Crippen LogP contribution in [0.15, 0.2) is 12.1 Å². The fraction of sp³-hybridized carbons (Fsp3) is 0.400. The minimum absolute atomic E-state index is 0.0196. The van der Waals surface area contributed by atoms with E-state index in [0.29, 0.717) is 22.6 Å². The van der Waals surface area contributed by atoms with Crippen LogP contribution in [-0.4, -0.2) is 11.7 Å². The van der Waals surface area contributed by atoms with Gasteiger partial charge in [-0.1, -0.05) is 11.6 Å². The minimum Gasteiger partial charge on any atom is -0.396 e. The van der Waals surface area contributed by atoms with Crippen molar-refractivity contribution in [2.45, 2.75) is 19.4 Å². The number of aliphatic hydroxyl groups is 1. The van der Waals surface area contributed by atoms with Crippen molar-refractivity contribution in [3.8, 4) is 0 Å². The summed E-state index contributed by atoms with van der Waals surface area (Å²) >= 11 is 5.81. The second kappa shape index (κ2) is 4.73. The lowest BCUT2D eigenvalue weighted by Gasteiger charge is -2.12. The first kappa shape index (κ1) is 11.4. The average molecular weight is 218 g/mol. The number of benzene rings is 1. The van der Waals surface area contributed by atoms with Crippen molar-refractivity contribution in [3.63, 3.8) is 0 Å². The molecule has 0 aliphatic heterocycles. The van der Waals surface area contributed by atoms with Crippen LogP contribution in [0.3, 0.4) is 0 Å². The highest BCUT2D eigenvalue weighted by molar-refractivity contribution is 6.31. The van der Waals surface area contributed by atoms with Crippen LogP contribution >= 0.6 is 11.6 Å². The largest absolute Gasteiger partial charge is 0.396 e. The molecule has 1 rings (SSSR count). The third kappa shape index (κ3) is 2.44. The third-order valence-corrected chi connectivity index (χ3v) is 2.56. The summed E-state index contributed by atoms with van der Waals surface area (Å²) in [5.41, 5.74) is 6.75. The van der Waals surface area contributed by atoms with Gasteiger partial charge in [0.25, 0.3) is 0 Å². The van der Waals surface area contributed by atoms with Crippen LogP contribution in [0.5, 0.6) is 0 Å². The first-order valence-corrected chi connectivity index (χ1v) is 4.76. The van der Waals surface area contributed by atoms with Crippen molar-refractivity contribution in [2.24, 2.45) is 5.73 Å². The smallest absolute Gasteiger partial charge is 0.127 e. The summed E-state index contributed by atoms with van der Waals surface area (Å²) < 4.78 is 13.2. The van der Waals surface area contributed by atoms with Crippen LogP contribution in [0.4, 0.5) is 4.39 Å². The van der Waals surface area contributed by atoms with E-state index in [1.54, 1.807) is 13.0 Å². The Kier molecular flexibility index (Phi) is 3.86. The fourth-order valence-corrected chi connectivity index (χ4v) is 1.40. The molecule has 0 heterocycles. The number of aliphatic hydroxyl groups excluding tert-OH is 1. The SMILES string of the molecule is Cc1c(F)cc(C(N)CCO)cc1Cl. The lowest BCUT2D eigenvalue weighted by molar-refractivity contribution is 0.276. The van der Waals surface area contributed by atoms with Crippen molar-refractivity contribution in [3.05, 3.63) is 34.1 Å². The second-order valence-electron chi connectivity index (χ2n) is 3.23. The molecule has 0 radical (unpaired) electrons. The summed E-state index contributed by atoms with van der Waals surface area (Å²) in [7, 11) is 0. The van der Waals surface area contributed by atoms with Crippen molar-refractivity contribution >= 4 is 11.6 Å².